The van der Waals surface area contributed by atoms with E-state index in [0.717, 1.165) is 34.0 Å². The summed E-state index contributed by atoms with van der Waals surface area (Å²) in [5, 5.41) is 13.7. The second-order valence-corrected chi connectivity index (χ2v) is 5.33. The summed E-state index contributed by atoms with van der Waals surface area (Å²) < 4.78 is 1.78. The van der Waals surface area contributed by atoms with E-state index >= 15 is 0 Å². The van der Waals surface area contributed by atoms with Crippen LogP contribution in [0.3, 0.4) is 0 Å². The van der Waals surface area contributed by atoms with E-state index in [2.05, 4.69) is 29.1 Å². The molecule has 102 valence electrons. The van der Waals surface area contributed by atoms with Gasteiger partial charge in [0.1, 0.15) is 5.03 Å². The molecule has 0 aromatic carbocycles. The van der Waals surface area contributed by atoms with Crippen LogP contribution in [0.4, 0.5) is 0 Å². The van der Waals surface area contributed by atoms with Gasteiger partial charge < -0.3 is 5.73 Å². The molecule has 2 aromatic rings. The number of aromatic nitrogens is 4. The normalized spacial score (nSPS) is 10.9. The molecule has 2 rings (SSSR count). The maximum Gasteiger partial charge on any atom is 0.128 e. The molecular weight excluding hydrogens is 258 g/mol. The molecule has 0 fully saturated rings. The van der Waals surface area contributed by atoms with Crippen molar-refractivity contribution in [2.24, 2.45) is 12.8 Å². The fourth-order valence-corrected chi connectivity index (χ4v) is 3.03. The van der Waals surface area contributed by atoms with Crippen molar-refractivity contribution in [2.75, 3.05) is 0 Å². The van der Waals surface area contributed by atoms with Gasteiger partial charge in [-0.15, -0.1) is 5.10 Å². The summed E-state index contributed by atoms with van der Waals surface area (Å²) >= 11 is 1.57. The smallest absolute Gasteiger partial charge is 0.128 e. The Balaban J connectivity index is 2.40. The first-order chi connectivity index (χ1) is 9.19. The molecule has 6 heteroatoms. The molecule has 0 atom stereocenters. The van der Waals surface area contributed by atoms with E-state index in [1.54, 1.807) is 16.4 Å². The van der Waals surface area contributed by atoms with Crippen molar-refractivity contribution in [1.29, 1.82) is 0 Å². The van der Waals surface area contributed by atoms with E-state index in [4.69, 9.17) is 5.73 Å². The number of nitrogens with zero attached hydrogens (tertiary/aromatic N) is 4. The maximum atomic E-state index is 5.91. The van der Waals surface area contributed by atoms with Crippen molar-refractivity contribution in [3.8, 4) is 0 Å². The molecule has 19 heavy (non-hydrogen) atoms. The highest BCUT2D eigenvalue weighted by Gasteiger charge is 2.14. The molecule has 0 spiro atoms. The summed E-state index contributed by atoms with van der Waals surface area (Å²) in [6.07, 6.45) is 5.62. The van der Waals surface area contributed by atoms with Gasteiger partial charge >= 0.3 is 0 Å². The summed E-state index contributed by atoms with van der Waals surface area (Å²) in [7, 11) is 1.90. The van der Waals surface area contributed by atoms with Crippen LogP contribution in [0.25, 0.3) is 0 Å². The molecule has 5 nitrogen and oxygen atoms in total. The van der Waals surface area contributed by atoms with E-state index in [1.165, 1.54) is 5.56 Å². The number of hydrogen-bond acceptors (Lipinski definition) is 5. The van der Waals surface area contributed by atoms with Crippen molar-refractivity contribution in [1.82, 2.24) is 20.0 Å². The Hall–Kier alpha value is -1.40. The van der Waals surface area contributed by atoms with Crippen LogP contribution in [0, 0.1) is 0 Å². The first-order valence-corrected chi connectivity index (χ1v) is 7.25. The molecule has 0 saturated carbocycles. The third kappa shape index (κ3) is 2.96. The van der Waals surface area contributed by atoms with Gasteiger partial charge in [0.25, 0.3) is 0 Å². The highest BCUT2D eigenvalue weighted by atomic mass is 32.2. The fourth-order valence-electron chi connectivity index (χ4n) is 2.09. The molecule has 2 aromatic heterocycles. The molecule has 0 aliphatic carbocycles. The van der Waals surface area contributed by atoms with Crippen molar-refractivity contribution in [3.05, 3.63) is 29.2 Å². The van der Waals surface area contributed by atoms with Crippen LogP contribution in [-0.4, -0.2) is 20.0 Å². The zero-order valence-electron chi connectivity index (χ0n) is 11.6. The highest BCUT2D eigenvalue weighted by molar-refractivity contribution is 7.99. The van der Waals surface area contributed by atoms with E-state index in [9.17, 15) is 0 Å². The lowest BCUT2D eigenvalue weighted by Gasteiger charge is -2.12. The lowest BCUT2D eigenvalue weighted by Crippen LogP contribution is -2.10. The van der Waals surface area contributed by atoms with E-state index in [0.29, 0.717) is 6.54 Å². The third-order valence-corrected chi connectivity index (χ3v) is 3.99. The summed E-state index contributed by atoms with van der Waals surface area (Å²) in [6.45, 7) is 4.72. The molecule has 0 saturated heterocycles. The third-order valence-electron chi connectivity index (χ3n) is 3.02. The van der Waals surface area contributed by atoms with Crippen molar-refractivity contribution >= 4 is 11.8 Å². The Labute approximate surface area is 117 Å². The topological polar surface area (TPSA) is 69.6 Å². The largest absolute Gasteiger partial charge is 0.326 e. The Morgan fingerprint density at radius 2 is 2.00 bits per heavy atom. The van der Waals surface area contributed by atoms with Gasteiger partial charge in [0.05, 0.1) is 16.8 Å². The maximum absolute atomic E-state index is 5.91. The fraction of sp³-hybridized carbons (Fsp3) is 0.462. The first-order valence-electron chi connectivity index (χ1n) is 6.43. The van der Waals surface area contributed by atoms with Crippen molar-refractivity contribution in [2.45, 2.75) is 43.2 Å². The van der Waals surface area contributed by atoms with Crippen LogP contribution in [0.5, 0.6) is 0 Å². The average Bonchev–Trinajstić information content (AvgIpc) is 2.83. The zero-order chi connectivity index (χ0) is 13.8. The van der Waals surface area contributed by atoms with Gasteiger partial charge in [-0.3, -0.25) is 4.68 Å². The zero-order valence-corrected chi connectivity index (χ0v) is 12.4. The summed E-state index contributed by atoms with van der Waals surface area (Å²) in [6, 6.07) is 0. The van der Waals surface area contributed by atoms with Crippen LogP contribution in [0.2, 0.25) is 0 Å². The van der Waals surface area contributed by atoms with Gasteiger partial charge in [0.2, 0.25) is 0 Å². The number of nitrogens with two attached hydrogens (primary N) is 1. The molecular formula is C13H19N5S. The second kappa shape index (κ2) is 6.16. The number of hydrogen-bond donors (Lipinski definition) is 1. The lowest BCUT2D eigenvalue weighted by molar-refractivity contribution is 0.766. The van der Waals surface area contributed by atoms with Crippen LogP contribution in [0.1, 0.15) is 30.7 Å². The quantitative estimate of drug-likeness (QED) is 0.904. The van der Waals surface area contributed by atoms with E-state index < -0.39 is 0 Å². The Morgan fingerprint density at radius 1 is 1.21 bits per heavy atom. The second-order valence-electron chi connectivity index (χ2n) is 4.27. The molecule has 0 amide bonds. The molecule has 2 heterocycles. The molecule has 0 unspecified atom stereocenters. The first kappa shape index (κ1) is 14.0. The minimum Gasteiger partial charge on any atom is -0.326 e. The average molecular weight is 277 g/mol. The van der Waals surface area contributed by atoms with Crippen LogP contribution in [-0.2, 0) is 26.4 Å². The van der Waals surface area contributed by atoms with Crippen molar-refractivity contribution in [3.63, 3.8) is 0 Å². The predicted octanol–water partition coefficient (Wildman–Crippen LogP) is 1.94. The van der Waals surface area contributed by atoms with Gasteiger partial charge in [0, 0.05) is 25.4 Å². The molecule has 0 bridgehead atoms. The molecule has 2 N–H and O–H groups in total. The van der Waals surface area contributed by atoms with Crippen molar-refractivity contribution < 1.29 is 0 Å². The number of rotatable bonds is 5. The lowest BCUT2D eigenvalue weighted by atomic mass is 10.0. The predicted molar refractivity (Wildman–Crippen MR) is 76.0 cm³/mol. The monoisotopic (exact) mass is 277 g/mol. The SMILES string of the molecule is CCc1nnc(Sc2cnn(C)c2)c(CN)c1CC. The van der Waals surface area contributed by atoms with Crippen LogP contribution < -0.4 is 5.73 Å². The minimum absolute atomic E-state index is 0.494. The molecule has 0 aliphatic heterocycles. The molecule has 0 radical (unpaired) electrons. The highest BCUT2D eigenvalue weighted by Crippen LogP contribution is 2.30. The number of aryl methyl sites for hydroxylation is 2. The van der Waals surface area contributed by atoms with E-state index in [1.807, 2.05) is 19.4 Å². The summed E-state index contributed by atoms with van der Waals surface area (Å²) in [5.41, 5.74) is 9.32. The van der Waals surface area contributed by atoms with Gasteiger partial charge in [-0.2, -0.15) is 10.2 Å². The Bertz CT molecular complexity index is 564. The van der Waals surface area contributed by atoms with Gasteiger partial charge in [-0.1, -0.05) is 25.6 Å². The van der Waals surface area contributed by atoms with Gasteiger partial charge in [0.15, 0.2) is 0 Å². The minimum atomic E-state index is 0.494. The Morgan fingerprint density at radius 3 is 2.53 bits per heavy atom. The van der Waals surface area contributed by atoms with Gasteiger partial charge in [-0.25, -0.2) is 0 Å². The summed E-state index contributed by atoms with van der Waals surface area (Å²) in [4.78, 5) is 1.05. The van der Waals surface area contributed by atoms with Crippen LogP contribution in [0.15, 0.2) is 22.3 Å². The van der Waals surface area contributed by atoms with Crippen LogP contribution >= 0.6 is 11.8 Å². The van der Waals surface area contributed by atoms with Gasteiger partial charge in [-0.05, 0) is 18.4 Å². The van der Waals surface area contributed by atoms with E-state index in [-0.39, 0.29) is 0 Å². The molecule has 0 aliphatic rings. The summed E-state index contributed by atoms with van der Waals surface area (Å²) in [5.74, 6) is 0. The standard InChI is InChI=1S/C13H19N5S/c1-4-10-11(6-14)13(17-16-12(10)5-2)19-9-7-15-18(3)8-9/h7-8H,4-6,14H2,1-3H3. The Kier molecular flexibility index (Phi) is 4.55.